The largest absolute Gasteiger partial charge is 0.339 e. The Morgan fingerprint density at radius 3 is 2.67 bits per heavy atom. The molecule has 0 aromatic carbocycles. The summed E-state index contributed by atoms with van der Waals surface area (Å²) in [4.78, 5) is 4.52. The maximum Gasteiger partial charge on any atom is 0.228 e. The summed E-state index contributed by atoms with van der Waals surface area (Å²) in [5, 5.41) is 4.11. The van der Waals surface area contributed by atoms with E-state index in [0.29, 0.717) is 17.3 Å². The van der Waals surface area contributed by atoms with Gasteiger partial charge in [-0.1, -0.05) is 31.8 Å². The molecular weight excluding hydrogens is 226 g/mol. The van der Waals surface area contributed by atoms with Crippen LogP contribution in [-0.2, 0) is 6.42 Å². The summed E-state index contributed by atoms with van der Waals surface area (Å²) in [6.07, 6.45) is 7.08. The van der Waals surface area contributed by atoms with Gasteiger partial charge in [-0.3, -0.25) is 0 Å². The van der Waals surface area contributed by atoms with Crippen LogP contribution in [0.15, 0.2) is 4.52 Å². The summed E-state index contributed by atoms with van der Waals surface area (Å²) < 4.78 is 5.35. The molecule has 0 bridgehead atoms. The van der Waals surface area contributed by atoms with Crippen molar-refractivity contribution in [3.63, 3.8) is 0 Å². The highest BCUT2D eigenvalue weighted by molar-refractivity contribution is 5.14. The molecule has 4 heteroatoms. The van der Waals surface area contributed by atoms with Crippen LogP contribution in [0.2, 0.25) is 0 Å². The first-order valence-corrected chi connectivity index (χ1v) is 7.14. The molecule has 2 aliphatic rings. The van der Waals surface area contributed by atoms with E-state index in [-0.39, 0.29) is 6.04 Å². The van der Waals surface area contributed by atoms with Crippen LogP contribution >= 0.6 is 0 Å². The van der Waals surface area contributed by atoms with Crippen LogP contribution in [0.25, 0.3) is 0 Å². The molecule has 1 aromatic rings. The molecule has 2 saturated carbocycles. The lowest BCUT2D eigenvalue weighted by Crippen LogP contribution is -2.30. The summed E-state index contributed by atoms with van der Waals surface area (Å²) in [5.74, 6) is 2.75. The fourth-order valence-corrected chi connectivity index (χ4v) is 3.15. The third kappa shape index (κ3) is 2.30. The summed E-state index contributed by atoms with van der Waals surface area (Å²) in [5.41, 5.74) is 6.59. The van der Waals surface area contributed by atoms with E-state index < -0.39 is 0 Å². The van der Waals surface area contributed by atoms with Crippen molar-refractivity contribution in [1.82, 2.24) is 10.1 Å². The van der Waals surface area contributed by atoms with Crippen LogP contribution in [0.1, 0.15) is 63.6 Å². The van der Waals surface area contributed by atoms with Crippen molar-refractivity contribution in [3.05, 3.63) is 11.7 Å². The lowest BCUT2D eigenvalue weighted by atomic mass is 9.96. The zero-order chi connectivity index (χ0) is 12.8. The Labute approximate surface area is 108 Å². The Kier molecular flexibility index (Phi) is 2.93. The molecule has 18 heavy (non-hydrogen) atoms. The van der Waals surface area contributed by atoms with Gasteiger partial charge in [0.15, 0.2) is 5.82 Å². The van der Waals surface area contributed by atoms with Gasteiger partial charge in [-0.25, -0.2) is 0 Å². The first kappa shape index (κ1) is 12.2. The van der Waals surface area contributed by atoms with Crippen molar-refractivity contribution in [3.8, 4) is 0 Å². The van der Waals surface area contributed by atoms with Crippen LogP contribution in [0.4, 0.5) is 0 Å². The second-order valence-corrected chi connectivity index (χ2v) is 6.70. The van der Waals surface area contributed by atoms with Crippen molar-refractivity contribution >= 4 is 0 Å². The number of nitrogens with zero attached hydrogens (tertiary/aromatic N) is 2. The molecule has 2 aliphatic carbocycles. The smallest absolute Gasteiger partial charge is 0.228 e. The standard InChI is InChI=1S/C14H23N3O/c1-14(2)8-10(14)13-16-12(18-17-13)7-11(15)9-5-3-4-6-9/h9-11H,3-8,15H2,1-2H3. The Morgan fingerprint density at radius 2 is 2.06 bits per heavy atom. The van der Waals surface area contributed by atoms with E-state index in [1.807, 2.05) is 0 Å². The summed E-state index contributed by atoms with van der Waals surface area (Å²) in [6.45, 7) is 4.50. The molecule has 4 nitrogen and oxygen atoms in total. The van der Waals surface area contributed by atoms with Crippen LogP contribution in [0.5, 0.6) is 0 Å². The van der Waals surface area contributed by atoms with Gasteiger partial charge < -0.3 is 10.3 Å². The van der Waals surface area contributed by atoms with Crippen molar-refractivity contribution < 1.29 is 4.52 Å². The molecule has 0 spiro atoms. The zero-order valence-corrected chi connectivity index (χ0v) is 11.4. The first-order valence-electron chi connectivity index (χ1n) is 7.14. The number of hydrogen-bond acceptors (Lipinski definition) is 4. The van der Waals surface area contributed by atoms with E-state index in [0.717, 1.165) is 18.1 Å². The predicted octanol–water partition coefficient (Wildman–Crippen LogP) is 2.64. The van der Waals surface area contributed by atoms with Crippen LogP contribution in [0, 0.1) is 11.3 Å². The number of rotatable bonds is 4. The van der Waals surface area contributed by atoms with Gasteiger partial charge >= 0.3 is 0 Å². The number of hydrogen-bond donors (Lipinski definition) is 1. The van der Waals surface area contributed by atoms with E-state index in [2.05, 4.69) is 24.0 Å². The summed E-state index contributed by atoms with van der Waals surface area (Å²) >= 11 is 0. The van der Waals surface area contributed by atoms with Gasteiger partial charge in [-0.2, -0.15) is 4.98 Å². The lowest BCUT2D eigenvalue weighted by molar-refractivity contribution is 0.338. The third-order valence-electron chi connectivity index (χ3n) is 4.72. The molecule has 3 rings (SSSR count). The predicted molar refractivity (Wildman–Crippen MR) is 69.1 cm³/mol. The normalized spacial score (nSPS) is 28.5. The van der Waals surface area contributed by atoms with Gasteiger partial charge in [-0.15, -0.1) is 0 Å². The fourth-order valence-electron chi connectivity index (χ4n) is 3.15. The lowest BCUT2D eigenvalue weighted by Gasteiger charge is -2.16. The third-order valence-corrected chi connectivity index (χ3v) is 4.72. The van der Waals surface area contributed by atoms with Crippen molar-refractivity contribution in [2.24, 2.45) is 17.1 Å². The molecule has 1 heterocycles. The second kappa shape index (κ2) is 4.34. The van der Waals surface area contributed by atoms with E-state index in [1.54, 1.807) is 0 Å². The van der Waals surface area contributed by atoms with Gasteiger partial charge in [0.1, 0.15) is 0 Å². The topological polar surface area (TPSA) is 64.9 Å². The molecule has 2 unspecified atom stereocenters. The number of aromatic nitrogens is 2. The number of nitrogens with two attached hydrogens (primary N) is 1. The summed E-state index contributed by atoms with van der Waals surface area (Å²) in [6, 6.07) is 0.188. The maximum absolute atomic E-state index is 6.24. The van der Waals surface area contributed by atoms with Gasteiger partial charge in [0.25, 0.3) is 0 Å². The van der Waals surface area contributed by atoms with E-state index in [1.165, 1.54) is 32.1 Å². The van der Waals surface area contributed by atoms with Crippen molar-refractivity contribution in [2.75, 3.05) is 0 Å². The second-order valence-electron chi connectivity index (χ2n) is 6.70. The van der Waals surface area contributed by atoms with E-state index in [9.17, 15) is 0 Å². The highest BCUT2D eigenvalue weighted by atomic mass is 16.5. The molecular formula is C14H23N3O. The molecule has 0 amide bonds. The molecule has 2 atom stereocenters. The molecule has 100 valence electrons. The first-order chi connectivity index (χ1) is 8.56. The Morgan fingerprint density at radius 1 is 1.39 bits per heavy atom. The van der Waals surface area contributed by atoms with Crippen molar-refractivity contribution in [1.29, 1.82) is 0 Å². The highest BCUT2D eigenvalue weighted by Crippen LogP contribution is 2.57. The Balaban J connectivity index is 1.60. The minimum atomic E-state index is 0.188. The van der Waals surface area contributed by atoms with Gasteiger partial charge in [-0.05, 0) is 30.6 Å². The zero-order valence-electron chi connectivity index (χ0n) is 11.4. The fraction of sp³-hybridized carbons (Fsp3) is 0.857. The van der Waals surface area contributed by atoms with E-state index >= 15 is 0 Å². The monoisotopic (exact) mass is 249 g/mol. The molecule has 0 radical (unpaired) electrons. The molecule has 2 N–H and O–H groups in total. The van der Waals surface area contributed by atoms with Crippen LogP contribution in [0.3, 0.4) is 0 Å². The average molecular weight is 249 g/mol. The quantitative estimate of drug-likeness (QED) is 0.891. The minimum absolute atomic E-state index is 0.188. The summed E-state index contributed by atoms with van der Waals surface area (Å²) in [7, 11) is 0. The van der Waals surface area contributed by atoms with Crippen LogP contribution in [-0.4, -0.2) is 16.2 Å². The average Bonchev–Trinajstić information content (AvgIpc) is 2.82. The van der Waals surface area contributed by atoms with Crippen molar-refractivity contribution in [2.45, 2.75) is 64.3 Å². The Hall–Kier alpha value is -0.900. The molecule has 0 saturated heterocycles. The molecule has 0 aliphatic heterocycles. The van der Waals surface area contributed by atoms with Crippen LogP contribution < -0.4 is 5.73 Å². The highest BCUT2D eigenvalue weighted by Gasteiger charge is 2.49. The van der Waals surface area contributed by atoms with Gasteiger partial charge in [0, 0.05) is 18.4 Å². The van der Waals surface area contributed by atoms with Gasteiger partial charge in [0.2, 0.25) is 5.89 Å². The Bertz CT molecular complexity index is 420. The van der Waals surface area contributed by atoms with Gasteiger partial charge in [0.05, 0.1) is 0 Å². The molecule has 1 aromatic heterocycles. The van der Waals surface area contributed by atoms with E-state index in [4.69, 9.17) is 10.3 Å². The SMILES string of the molecule is CC1(C)CC1c1noc(CC(N)C2CCCC2)n1. The minimum Gasteiger partial charge on any atom is -0.339 e. The molecule has 2 fully saturated rings. The maximum atomic E-state index is 6.24.